The van der Waals surface area contributed by atoms with Crippen LogP contribution in [0.4, 0.5) is 0 Å². The van der Waals surface area contributed by atoms with E-state index in [1.165, 1.54) is 0 Å². The molecule has 4 nitrogen and oxygen atoms in total. The Morgan fingerprint density at radius 3 is 2.81 bits per heavy atom. The van der Waals surface area contributed by atoms with Gasteiger partial charge in [0.2, 0.25) is 5.91 Å². The zero-order valence-electron chi connectivity index (χ0n) is 15.8. The molecule has 1 aromatic carbocycles. The van der Waals surface area contributed by atoms with Gasteiger partial charge in [-0.1, -0.05) is 43.1 Å². The maximum absolute atomic E-state index is 12.3. The van der Waals surface area contributed by atoms with E-state index in [4.69, 9.17) is 33.0 Å². The van der Waals surface area contributed by atoms with Gasteiger partial charge in [-0.25, -0.2) is 0 Å². The largest absolute Gasteiger partial charge is 0.396 e. The van der Waals surface area contributed by atoms with E-state index in [1.807, 2.05) is 18.2 Å². The fourth-order valence-electron chi connectivity index (χ4n) is 6.14. The number of rotatable bonds is 4. The summed E-state index contributed by atoms with van der Waals surface area (Å²) in [7, 11) is 0. The third-order valence-electron chi connectivity index (χ3n) is 7.42. The van der Waals surface area contributed by atoms with E-state index in [1.54, 1.807) is 0 Å². The van der Waals surface area contributed by atoms with E-state index >= 15 is 0 Å². The Hall–Kier alpha value is -0.810. The summed E-state index contributed by atoms with van der Waals surface area (Å²) in [5.74, 6) is 0.837. The molecule has 3 fully saturated rings. The van der Waals surface area contributed by atoms with Gasteiger partial charge in [0.25, 0.3) is 0 Å². The van der Waals surface area contributed by atoms with E-state index in [0.29, 0.717) is 28.5 Å². The van der Waals surface area contributed by atoms with Crippen LogP contribution in [0.15, 0.2) is 18.2 Å². The average Bonchev–Trinajstić information content (AvgIpc) is 3.10. The van der Waals surface area contributed by atoms with Crippen LogP contribution in [0, 0.1) is 22.7 Å². The Kier molecular flexibility index (Phi) is 4.99. The number of fused-ring (bicyclic) bond motifs is 1. The molecule has 1 saturated heterocycles. The minimum atomic E-state index is -0.117. The predicted molar refractivity (Wildman–Crippen MR) is 106 cm³/mol. The molecule has 1 amide bonds. The van der Waals surface area contributed by atoms with Crippen molar-refractivity contribution in [3.8, 4) is 0 Å². The van der Waals surface area contributed by atoms with Crippen LogP contribution in [0.1, 0.15) is 51.2 Å². The molecule has 1 spiro atoms. The smallest absolute Gasteiger partial charge is 0.222 e. The number of hydrogen-bond donors (Lipinski definition) is 2. The molecule has 2 saturated carbocycles. The molecule has 1 aromatic rings. The maximum Gasteiger partial charge on any atom is 0.222 e. The van der Waals surface area contributed by atoms with Gasteiger partial charge in [0.05, 0.1) is 22.8 Å². The van der Waals surface area contributed by atoms with Crippen molar-refractivity contribution in [3.05, 3.63) is 33.8 Å². The van der Waals surface area contributed by atoms with Crippen molar-refractivity contribution in [1.29, 1.82) is 0 Å². The minimum absolute atomic E-state index is 0.0214. The van der Waals surface area contributed by atoms with E-state index in [0.717, 1.165) is 24.8 Å². The molecular formula is C21H27Cl2NO3. The molecule has 6 heteroatoms. The molecule has 5 atom stereocenters. The molecule has 2 N–H and O–H groups in total. The molecule has 1 aliphatic heterocycles. The number of hydrogen-bond acceptors (Lipinski definition) is 3. The van der Waals surface area contributed by atoms with Crippen molar-refractivity contribution in [2.24, 2.45) is 22.7 Å². The highest BCUT2D eigenvalue weighted by atomic mass is 35.5. The number of aliphatic hydroxyl groups excluding tert-OH is 1. The van der Waals surface area contributed by atoms with Gasteiger partial charge in [0.15, 0.2) is 0 Å². The lowest BCUT2D eigenvalue weighted by molar-refractivity contribution is -0.137. The third-order valence-corrected chi connectivity index (χ3v) is 8.16. The molecule has 0 radical (unpaired) electrons. The fourth-order valence-corrected chi connectivity index (χ4v) is 6.45. The van der Waals surface area contributed by atoms with Crippen molar-refractivity contribution in [2.45, 2.75) is 51.7 Å². The lowest BCUT2D eigenvalue weighted by Crippen LogP contribution is -2.59. The van der Waals surface area contributed by atoms with Crippen LogP contribution >= 0.6 is 23.2 Å². The summed E-state index contributed by atoms with van der Waals surface area (Å²) in [6.45, 7) is 5.11. The summed E-state index contributed by atoms with van der Waals surface area (Å²) in [5, 5.41) is 13.5. The molecule has 1 heterocycles. The number of halogens is 2. The van der Waals surface area contributed by atoms with Crippen LogP contribution in [0.5, 0.6) is 0 Å². The first-order chi connectivity index (χ1) is 12.8. The van der Waals surface area contributed by atoms with Crippen LogP contribution < -0.4 is 5.32 Å². The van der Waals surface area contributed by atoms with Crippen molar-refractivity contribution in [3.63, 3.8) is 0 Å². The topological polar surface area (TPSA) is 58.6 Å². The molecule has 27 heavy (non-hydrogen) atoms. The minimum Gasteiger partial charge on any atom is -0.396 e. The second-order valence-corrected chi connectivity index (χ2v) is 9.80. The Morgan fingerprint density at radius 1 is 1.33 bits per heavy atom. The average molecular weight is 412 g/mol. The van der Waals surface area contributed by atoms with Crippen LogP contribution in [0.25, 0.3) is 0 Å². The lowest BCUT2D eigenvalue weighted by atomic mass is 9.59. The van der Waals surface area contributed by atoms with Crippen LogP contribution in [0.3, 0.4) is 0 Å². The third kappa shape index (κ3) is 3.00. The summed E-state index contributed by atoms with van der Waals surface area (Å²) in [5.41, 5.74) is 1.15. The first-order valence-corrected chi connectivity index (χ1v) is 10.5. The highest BCUT2D eigenvalue weighted by molar-refractivity contribution is 6.42. The van der Waals surface area contributed by atoms with Gasteiger partial charge < -0.3 is 15.2 Å². The van der Waals surface area contributed by atoms with E-state index < -0.39 is 0 Å². The molecule has 3 aliphatic rings. The van der Waals surface area contributed by atoms with E-state index in [9.17, 15) is 4.79 Å². The SMILES string of the molecule is CC1(C)[C@@H]2C[C@@H]3[C@@H](c4ccc(Cl)c(Cl)c4)OCC[C@]3(C2)[C@H]1NC(=O)CCO. The second-order valence-electron chi connectivity index (χ2n) is 8.99. The van der Waals surface area contributed by atoms with Crippen molar-refractivity contribution in [1.82, 2.24) is 5.32 Å². The molecule has 2 aliphatic carbocycles. The summed E-state index contributed by atoms with van der Waals surface area (Å²) < 4.78 is 6.23. The van der Waals surface area contributed by atoms with Crippen molar-refractivity contribution < 1.29 is 14.6 Å². The summed E-state index contributed by atoms with van der Waals surface area (Å²) in [4.78, 5) is 12.3. The van der Waals surface area contributed by atoms with Gasteiger partial charge in [-0.15, -0.1) is 0 Å². The molecule has 2 bridgehead atoms. The van der Waals surface area contributed by atoms with Gasteiger partial charge in [-0.05, 0) is 59.6 Å². The molecular weight excluding hydrogens is 385 g/mol. The molecule has 0 unspecified atom stereocenters. The fraction of sp³-hybridized carbons (Fsp3) is 0.667. The van der Waals surface area contributed by atoms with E-state index in [2.05, 4.69) is 19.2 Å². The van der Waals surface area contributed by atoms with Crippen molar-refractivity contribution in [2.75, 3.05) is 13.2 Å². The van der Waals surface area contributed by atoms with Gasteiger partial charge in [-0.2, -0.15) is 0 Å². The standard InChI is InChI=1S/C21H27Cl2NO3/c1-20(2)13-10-14-18(12-3-4-15(22)16(23)9-12)27-8-6-21(14,11-13)19(20)24-17(26)5-7-25/h3-4,9,13-14,18-19,25H,5-8,10-11H2,1-2H3,(H,24,26)/t13-,14-,18-,19+,21-/m1/s1. The molecule has 4 rings (SSSR count). The number of carbonyl (C=O) groups excluding carboxylic acids is 1. The zero-order chi connectivity index (χ0) is 19.4. The summed E-state index contributed by atoms with van der Waals surface area (Å²) in [6.07, 6.45) is 3.32. The van der Waals surface area contributed by atoms with Crippen LogP contribution in [0.2, 0.25) is 10.0 Å². The quantitative estimate of drug-likeness (QED) is 0.772. The number of benzene rings is 1. The normalized spacial score (nSPS) is 36.5. The second kappa shape index (κ2) is 6.91. The summed E-state index contributed by atoms with van der Waals surface area (Å²) >= 11 is 12.4. The number of carbonyl (C=O) groups is 1. The number of aliphatic hydroxyl groups is 1. The number of nitrogens with one attached hydrogen (secondary N) is 1. The number of ether oxygens (including phenoxy) is 1. The first kappa shape index (κ1) is 19.5. The predicted octanol–water partition coefficient (Wildman–Crippen LogP) is 4.37. The zero-order valence-corrected chi connectivity index (χ0v) is 17.3. The lowest BCUT2D eigenvalue weighted by Gasteiger charge is -2.53. The Morgan fingerprint density at radius 2 is 2.11 bits per heavy atom. The summed E-state index contributed by atoms with van der Waals surface area (Å²) in [6, 6.07) is 5.86. The van der Waals surface area contributed by atoms with E-state index in [-0.39, 0.29) is 41.9 Å². The Balaban J connectivity index is 1.67. The highest BCUT2D eigenvalue weighted by Gasteiger charge is 2.68. The van der Waals surface area contributed by atoms with Gasteiger partial charge >= 0.3 is 0 Å². The number of amides is 1. The van der Waals surface area contributed by atoms with Gasteiger partial charge in [-0.3, -0.25) is 4.79 Å². The van der Waals surface area contributed by atoms with Gasteiger partial charge in [0.1, 0.15) is 0 Å². The maximum atomic E-state index is 12.3. The van der Waals surface area contributed by atoms with Gasteiger partial charge in [0, 0.05) is 19.1 Å². The first-order valence-electron chi connectivity index (χ1n) is 9.76. The Bertz CT molecular complexity index is 753. The monoisotopic (exact) mass is 411 g/mol. The highest BCUT2D eigenvalue weighted by Crippen LogP contribution is 2.70. The Labute approximate surface area is 170 Å². The van der Waals surface area contributed by atoms with Crippen LogP contribution in [-0.2, 0) is 9.53 Å². The van der Waals surface area contributed by atoms with Crippen LogP contribution in [-0.4, -0.2) is 30.3 Å². The van der Waals surface area contributed by atoms with Crippen molar-refractivity contribution >= 4 is 29.1 Å². The molecule has 0 aromatic heterocycles. The molecule has 148 valence electrons.